The van der Waals surface area contributed by atoms with Gasteiger partial charge in [0.2, 0.25) is 0 Å². The Bertz CT molecular complexity index is 1030. The van der Waals surface area contributed by atoms with Gasteiger partial charge in [-0.2, -0.15) is 5.10 Å². The van der Waals surface area contributed by atoms with Crippen molar-refractivity contribution in [3.05, 3.63) is 70.1 Å². The van der Waals surface area contributed by atoms with Crippen molar-refractivity contribution >= 4 is 17.5 Å². The number of nitrogens with one attached hydrogen (secondary N) is 1. The Labute approximate surface area is 169 Å². The maximum atomic E-state index is 12.5. The molecule has 0 spiro atoms. The van der Waals surface area contributed by atoms with Crippen molar-refractivity contribution in [1.82, 2.24) is 20.1 Å². The maximum absolute atomic E-state index is 12.5. The summed E-state index contributed by atoms with van der Waals surface area (Å²) in [6.07, 6.45) is -4.76. The molecule has 152 valence electrons. The topological polar surface area (TPSA) is 69.0 Å². The van der Waals surface area contributed by atoms with Crippen molar-refractivity contribution < 1.29 is 22.7 Å². The molecule has 0 unspecified atom stereocenters. The molecule has 0 aliphatic heterocycles. The van der Waals surface area contributed by atoms with Gasteiger partial charge in [0.05, 0.1) is 10.7 Å². The van der Waals surface area contributed by atoms with E-state index in [1.165, 1.54) is 24.3 Å². The van der Waals surface area contributed by atoms with Crippen LogP contribution in [0.25, 0.3) is 5.82 Å². The van der Waals surface area contributed by atoms with E-state index in [0.717, 1.165) is 11.4 Å². The quantitative estimate of drug-likeness (QED) is 0.660. The molecule has 2 aromatic heterocycles. The summed E-state index contributed by atoms with van der Waals surface area (Å²) in [5.41, 5.74) is 2.26. The number of halogens is 4. The van der Waals surface area contributed by atoms with Gasteiger partial charge in [-0.1, -0.05) is 23.7 Å². The molecule has 0 saturated heterocycles. The van der Waals surface area contributed by atoms with Crippen LogP contribution in [0.15, 0.2) is 42.5 Å². The second-order valence-electron chi connectivity index (χ2n) is 6.21. The first-order valence-electron chi connectivity index (χ1n) is 8.45. The van der Waals surface area contributed by atoms with E-state index in [9.17, 15) is 18.0 Å². The van der Waals surface area contributed by atoms with E-state index in [-0.39, 0.29) is 23.0 Å². The van der Waals surface area contributed by atoms with Gasteiger partial charge in [0, 0.05) is 12.2 Å². The first-order valence-corrected chi connectivity index (χ1v) is 8.83. The fourth-order valence-electron chi connectivity index (χ4n) is 2.64. The number of amides is 1. The molecule has 0 bridgehead atoms. The van der Waals surface area contributed by atoms with Crippen LogP contribution in [-0.4, -0.2) is 27.0 Å². The van der Waals surface area contributed by atoms with E-state index < -0.39 is 12.3 Å². The molecular formula is C19H16ClF3N4O2. The summed E-state index contributed by atoms with van der Waals surface area (Å²) in [5, 5.41) is 7.14. The third kappa shape index (κ3) is 5.26. The lowest BCUT2D eigenvalue weighted by molar-refractivity contribution is -0.274. The summed E-state index contributed by atoms with van der Waals surface area (Å²) in [7, 11) is 0. The number of benzene rings is 1. The highest BCUT2D eigenvalue weighted by atomic mass is 35.5. The highest BCUT2D eigenvalue weighted by Crippen LogP contribution is 2.23. The molecule has 6 nitrogen and oxygen atoms in total. The second-order valence-corrected chi connectivity index (χ2v) is 6.62. The van der Waals surface area contributed by atoms with E-state index in [0.29, 0.717) is 11.4 Å². The van der Waals surface area contributed by atoms with Crippen LogP contribution >= 0.6 is 11.6 Å². The lowest BCUT2D eigenvalue weighted by Crippen LogP contribution is -2.24. The number of hydrogen-bond acceptors (Lipinski definition) is 4. The molecular weight excluding hydrogens is 409 g/mol. The van der Waals surface area contributed by atoms with Gasteiger partial charge in [-0.05, 0) is 49.7 Å². The molecule has 0 aliphatic rings. The molecule has 0 atom stereocenters. The zero-order valence-corrected chi connectivity index (χ0v) is 16.2. The standard InChI is InChI=1S/C19H16ClF3N4O2/c1-11-9-12(2)27(26-11)16-8-7-15(20)17(25-16)18(28)24-10-13-3-5-14(6-4-13)29-19(21,22)23/h3-9H,10H2,1-2H3,(H,24,28). The average Bonchev–Trinajstić information content (AvgIpc) is 2.98. The van der Waals surface area contributed by atoms with Crippen LogP contribution in [0, 0.1) is 13.8 Å². The van der Waals surface area contributed by atoms with Gasteiger partial charge in [0.25, 0.3) is 5.91 Å². The van der Waals surface area contributed by atoms with Gasteiger partial charge < -0.3 is 10.1 Å². The average molecular weight is 425 g/mol. The van der Waals surface area contributed by atoms with Crippen molar-refractivity contribution in [1.29, 1.82) is 0 Å². The second kappa shape index (κ2) is 8.12. The Morgan fingerprint density at radius 2 is 1.86 bits per heavy atom. The van der Waals surface area contributed by atoms with Crippen molar-refractivity contribution in [3.8, 4) is 11.6 Å². The molecule has 0 fully saturated rings. The minimum Gasteiger partial charge on any atom is -0.406 e. The van der Waals surface area contributed by atoms with Crippen molar-refractivity contribution in [2.24, 2.45) is 0 Å². The number of carbonyl (C=O) groups excluding carboxylic acids is 1. The van der Waals surface area contributed by atoms with E-state index in [4.69, 9.17) is 11.6 Å². The molecule has 1 aromatic carbocycles. The summed E-state index contributed by atoms with van der Waals surface area (Å²) in [6, 6.07) is 10.3. The van der Waals surface area contributed by atoms with Crippen LogP contribution in [0.4, 0.5) is 13.2 Å². The largest absolute Gasteiger partial charge is 0.573 e. The Morgan fingerprint density at radius 3 is 2.45 bits per heavy atom. The number of rotatable bonds is 5. The van der Waals surface area contributed by atoms with Crippen LogP contribution in [0.5, 0.6) is 5.75 Å². The summed E-state index contributed by atoms with van der Waals surface area (Å²) in [4.78, 5) is 16.8. The van der Waals surface area contributed by atoms with Gasteiger partial charge in [-0.25, -0.2) is 9.67 Å². The van der Waals surface area contributed by atoms with Crippen LogP contribution in [-0.2, 0) is 6.54 Å². The molecule has 0 aliphatic carbocycles. The van der Waals surface area contributed by atoms with Crippen LogP contribution in [0.2, 0.25) is 5.02 Å². The smallest absolute Gasteiger partial charge is 0.406 e. The number of ether oxygens (including phenoxy) is 1. The normalized spacial score (nSPS) is 11.4. The monoisotopic (exact) mass is 424 g/mol. The lowest BCUT2D eigenvalue weighted by atomic mass is 10.2. The van der Waals surface area contributed by atoms with Crippen LogP contribution < -0.4 is 10.1 Å². The number of nitrogens with zero attached hydrogens (tertiary/aromatic N) is 3. The zero-order valence-electron chi connectivity index (χ0n) is 15.4. The van der Waals surface area contributed by atoms with Crippen LogP contribution in [0.1, 0.15) is 27.4 Å². The summed E-state index contributed by atoms with van der Waals surface area (Å²) >= 11 is 6.11. The summed E-state index contributed by atoms with van der Waals surface area (Å²) in [6.45, 7) is 3.79. The van der Waals surface area contributed by atoms with Gasteiger partial charge in [-0.3, -0.25) is 4.79 Å². The number of pyridine rings is 1. The number of alkyl halides is 3. The van der Waals surface area contributed by atoms with Crippen LogP contribution in [0.3, 0.4) is 0 Å². The summed E-state index contributed by atoms with van der Waals surface area (Å²) < 4.78 is 42.0. The molecule has 0 saturated carbocycles. The van der Waals surface area contributed by atoms with E-state index >= 15 is 0 Å². The Hall–Kier alpha value is -3.07. The van der Waals surface area contributed by atoms with Gasteiger partial charge in [0.15, 0.2) is 5.82 Å². The molecule has 3 aromatic rings. The van der Waals surface area contributed by atoms with Crippen molar-refractivity contribution in [3.63, 3.8) is 0 Å². The SMILES string of the molecule is Cc1cc(C)n(-c2ccc(Cl)c(C(=O)NCc3ccc(OC(F)(F)F)cc3)n2)n1. The predicted molar refractivity (Wildman–Crippen MR) is 100 cm³/mol. The fourth-order valence-corrected chi connectivity index (χ4v) is 2.84. The highest BCUT2D eigenvalue weighted by molar-refractivity contribution is 6.33. The fraction of sp³-hybridized carbons (Fsp3) is 0.211. The maximum Gasteiger partial charge on any atom is 0.573 e. The van der Waals surface area contributed by atoms with E-state index in [1.54, 1.807) is 16.8 Å². The first-order chi connectivity index (χ1) is 13.6. The zero-order chi connectivity index (χ0) is 21.2. The third-order valence-electron chi connectivity index (χ3n) is 3.88. The lowest BCUT2D eigenvalue weighted by Gasteiger charge is -2.11. The van der Waals surface area contributed by atoms with E-state index in [1.807, 2.05) is 19.9 Å². The molecule has 1 amide bonds. The number of hydrogen-bond donors (Lipinski definition) is 1. The molecule has 0 radical (unpaired) electrons. The molecule has 10 heteroatoms. The Morgan fingerprint density at radius 1 is 1.17 bits per heavy atom. The molecule has 29 heavy (non-hydrogen) atoms. The van der Waals surface area contributed by atoms with Gasteiger partial charge in [-0.15, -0.1) is 13.2 Å². The predicted octanol–water partition coefficient (Wildman–Crippen LogP) is 4.37. The minimum absolute atomic E-state index is 0.0220. The number of aryl methyl sites for hydroxylation is 2. The third-order valence-corrected chi connectivity index (χ3v) is 4.19. The number of carbonyl (C=O) groups is 1. The summed E-state index contributed by atoms with van der Waals surface area (Å²) in [5.74, 6) is -0.414. The first kappa shape index (κ1) is 20.7. The highest BCUT2D eigenvalue weighted by Gasteiger charge is 2.30. The van der Waals surface area contributed by atoms with Crippen molar-refractivity contribution in [2.45, 2.75) is 26.8 Å². The van der Waals surface area contributed by atoms with Crippen molar-refractivity contribution in [2.75, 3.05) is 0 Å². The Kier molecular flexibility index (Phi) is 5.78. The number of aromatic nitrogens is 3. The van der Waals surface area contributed by atoms with Gasteiger partial charge in [0.1, 0.15) is 11.4 Å². The Balaban J connectivity index is 1.71. The minimum atomic E-state index is -4.76. The molecule has 3 rings (SSSR count). The van der Waals surface area contributed by atoms with Gasteiger partial charge >= 0.3 is 6.36 Å². The molecule has 1 N–H and O–H groups in total. The van der Waals surface area contributed by atoms with E-state index in [2.05, 4.69) is 20.1 Å². The molecule has 2 heterocycles.